The van der Waals surface area contributed by atoms with Crippen LogP contribution in [0.2, 0.25) is 0 Å². The summed E-state index contributed by atoms with van der Waals surface area (Å²) in [6.07, 6.45) is 2.71. The van der Waals surface area contributed by atoms with E-state index in [1.165, 1.54) is 18.2 Å². The van der Waals surface area contributed by atoms with E-state index in [0.29, 0.717) is 12.2 Å². The molecule has 1 amide bonds. The maximum Gasteiger partial charge on any atom is 0.293 e. The predicted molar refractivity (Wildman–Crippen MR) is 73.7 cm³/mol. The molecule has 1 unspecified atom stereocenters. The van der Waals surface area contributed by atoms with Crippen molar-refractivity contribution in [2.45, 2.75) is 25.3 Å². The van der Waals surface area contributed by atoms with Gasteiger partial charge in [-0.15, -0.1) is 0 Å². The number of nitrogens with two attached hydrogens (primary N) is 1. The first-order valence-electron chi connectivity index (χ1n) is 6.50. The summed E-state index contributed by atoms with van der Waals surface area (Å²) in [7, 11) is 0. The standard InChI is InChI=1S/C13H17N3O4/c14-13(18)9-4-5-11(12(7-9)16(19)20)15-6-2-1-3-10(15)8-17/h4-5,7,10,17H,1-3,6,8H2,(H2,14,18). The molecule has 1 saturated heterocycles. The van der Waals surface area contributed by atoms with Crippen molar-refractivity contribution in [1.82, 2.24) is 0 Å². The molecular formula is C13H17N3O4. The Kier molecular flexibility index (Phi) is 4.19. The van der Waals surface area contributed by atoms with Crippen molar-refractivity contribution in [3.05, 3.63) is 33.9 Å². The number of anilines is 1. The summed E-state index contributed by atoms with van der Waals surface area (Å²) in [6.45, 7) is 0.608. The lowest BCUT2D eigenvalue weighted by Gasteiger charge is -2.36. The topological polar surface area (TPSA) is 110 Å². The van der Waals surface area contributed by atoms with Crippen LogP contribution in [-0.4, -0.2) is 35.1 Å². The molecule has 0 spiro atoms. The first-order valence-corrected chi connectivity index (χ1v) is 6.50. The van der Waals surface area contributed by atoms with Crippen LogP contribution < -0.4 is 10.6 Å². The van der Waals surface area contributed by atoms with Crippen molar-refractivity contribution in [1.29, 1.82) is 0 Å². The summed E-state index contributed by atoms with van der Waals surface area (Å²) in [6, 6.07) is 4.09. The van der Waals surface area contributed by atoms with Crippen LogP contribution in [0.5, 0.6) is 0 Å². The van der Waals surface area contributed by atoms with Gasteiger partial charge in [0.05, 0.1) is 17.6 Å². The Labute approximate surface area is 116 Å². The number of nitrogens with zero attached hydrogens (tertiary/aromatic N) is 2. The molecule has 7 nitrogen and oxygen atoms in total. The minimum Gasteiger partial charge on any atom is -0.394 e. The Morgan fingerprint density at radius 2 is 2.25 bits per heavy atom. The van der Waals surface area contributed by atoms with Crippen LogP contribution in [0.1, 0.15) is 29.6 Å². The molecule has 0 aliphatic carbocycles. The summed E-state index contributed by atoms with van der Waals surface area (Å²) in [5.41, 5.74) is 5.54. The van der Waals surface area contributed by atoms with Crippen LogP contribution >= 0.6 is 0 Å². The van der Waals surface area contributed by atoms with Crippen LogP contribution in [0.25, 0.3) is 0 Å². The van der Waals surface area contributed by atoms with E-state index in [9.17, 15) is 20.0 Å². The minimum atomic E-state index is -0.697. The SMILES string of the molecule is NC(=O)c1ccc(N2CCCCC2CO)c([N+](=O)[O-])c1. The number of nitro groups is 1. The van der Waals surface area contributed by atoms with E-state index in [0.717, 1.165) is 19.3 Å². The Morgan fingerprint density at radius 1 is 1.50 bits per heavy atom. The number of aliphatic hydroxyl groups excluding tert-OH is 1. The number of carbonyl (C=O) groups excluding carboxylic acids is 1. The first kappa shape index (κ1) is 14.3. The lowest BCUT2D eigenvalue weighted by molar-refractivity contribution is -0.384. The van der Waals surface area contributed by atoms with Crippen LogP contribution in [0.3, 0.4) is 0 Å². The van der Waals surface area contributed by atoms with Gasteiger partial charge in [-0.3, -0.25) is 14.9 Å². The molecule has 0 aromatic heterocycles. The average Bonchev–Trinajstić information content (AvgIpc) is 2.46. The largest absolute Gasteiger partial charge is 0.394 e. The van der Waals surface area contributed by atoms with Gasteiger partial charge >= 0.3 is 0 Å². The molecular weight excluding hydrogens is 262 g/mol. The monoisotopic (exact) mass is 279 g/mol. The third kappa shape index (κ3) is 2.72. The maximum absolute atomic E-state index is 11.2. The number of piperidine rings is 1. The zero-order chi connectivity index (χ0) is 14.7. The number of aliphatic hydroxyl groups is 1. The molecule has 1 aromatic rings. The van der Waals surface area contributed by atoms with Crippen LogP contribution in [0.15, 0.2) is 18.2 Å². The second-order valence-electron chi connectivity index (χ2n) is 4.85. The van der Waals surface area contributed by atoms with Gasteiger partial charge in [0.15, 0.2) is 0 Å². The molecule has 20 heavy (non-hydrogen) atoms. The number of benzene rings is 1. The fourth-order valence-electron chi connectivity index (χ4n) is 2.57. The summed E-state index contributed by atoms with van der Waals surface area (Å²) in [5.74, 6) is -0.697. The number of amides is 1. The van der Waals surface area contributed by atoms with Gasteiger partial charge in [0, 0.05) is 18.2 Å². The van der Waals surface area contributed by atoms with Gasteiger partial charge in [-0.1, -0.05) is 0 Å². The van der Waals surface area contributed by atoms with E-state index in [2.05, 4.69) is 0 Å². The highest BCUT2D eigenvalue weighted by Gasteiger charge is 2.28. The van der Waals surface area contributed by atoms with Crippen molar-refractivity contribution in [3.63, 3.8) is 0 Å². The van der Waals surface area contributed by atoms with E-state index < -0.39 is 10.8 Å². The molecule has 3 N–H and O–H groups in total. The predicted octanol–water partition coefficient (Wildman–Crippen LogP) is 1.04. The molecule has 108 valence electrons. The molecule has 0 bridgehead atoms. The van der Waals surface area contributed by atoms with Gasteiger partial charge in [0.2, 0.25) is 5.91 Å². The normalized spacial score (nSPS) is 18.9. The van der Waals surface area contributed by atoms with Gasteiger partial charge in [-0.2, -0.15) is 0 Å². The molecule has 7 heteroatoms. The second kappa shape index (κ2) is 5.87. The van der Waals surface area contributed by atoms with Crippen molar-refractivity contribution >= 4 is 17.3 Å². The summed E-state index contributed by atoms with van der Waals surface area (Å²) in [4.78, 5) is 23.6. The number of primary amides is 1. The number of hydrogen-bond donors (Lipinski definition) is 2. The smallest absolute Gasteiger partial charge is 0.293 e. The molecule has 1 heterocycles. The number of hydrogen-bond acceptors (Lipinski definition) is 5. The van der Waals surface area contributed by atoms with Gasteiger partial charge in [0.25, 0.3) is 5.69 Å². The van der Waals surface area contributed by atoms with Crippen LogP contribution in [0.4, 0.5) is 11.4 Å². The Bertz CT molecular complexity index is 532. The van der Waals surface area contributed by atoms with Gasteiger partial charge < -0.3 is 15.7 Å². The molecule has 1 aromatic carbocycles. The zero-order valence-corrected chi connectivity index (χ0v) is 11.0. The third-order valence-electron chi connectivity index (χ3n) is 3.60. The molecule has 1 atom stereocenters. The summed E-state index contributed by atoms with van der Waals surface area (Å²) < 4.78 is 0. The van der Waals surface area contributed by atoms with Gasteiger partial charge in [-0.25, -0.2) is 0 Å². The van der Waals surface area contributed by atoms with Crippen molar-refractivity contribution < 1.29 is 14.8 Å². The lowest BCUT2D eigenvalue weighted by Crippen LogP contribution is -2.42. The second-order valence-corrected chi connectivity index (χ2v) is 4.85. The quantitative estimate of drug-likeness (QED) is 0.632. The van der Waals surface area contributed by atoms with E-state index in [1.807, 2.05) is 4.90 Å². The Balaban J connectivity index is 2.44. The maximum atomic E-state index is 11.2. The zero-order valence-electron chi connectivity index (χ0n) is 11.0. The molecule has 1 aliphatic rings. The van der Waals surface area contributed by atoms with Gasteiger partial charge in [-0.05, 0) is 31.4 Å². The molecule has 1 aliphatic heterocycles. The number of rotatable bonds is 4. The highest BCUT2D eigenvalue weighted by atomic mass is 16.6. The summed E-state index contributed by atoms with van der Waals surface area (Å²) in [5, 5.41) is 20.6. The molecule has 1 fully saturated rings. The number of nitro benzene ring substituents is 1. The summed E-state index contributed by atoms with van der Waals surface area (Å²) >= 11 is 0. The highest BCUT2D eigenvalue weighted by molar-refractivity contribution is 5.94. The molecule has 0 saturated carbocycles. The Morgan fingerprint density at radius 3 is 2.85 bits per heavy atom. The Hall–Kier alpha value is -2.15. The highest BCUT2D eigenvalue weighted by Crippen LogP contribution is 2.33. The third-order valence-corrected chi connectivity index (χ3v) is 3.60. The first-order chi connectivity index (χ1) is 9.54. The van der Waals surface area contributed by atoms with E-state index >= 15 is 0 Å². The van der Waals surface area contributed by atoms with Crippen molar-refractivity contribution in [3.8, 4) is 0 Å². The fraction of sp³-hybridized carbons (Fsp3) is 0.462. The fourth-order valence-corrected chi connectivity index (χ4v) is 2.57. The van der Waals surface area contributed by atoms with E-state index in [1.54, 1.807) is 0 Å². The number of carbonyl (C=O) groups is 1. The van der Waals surface area contributed by atoms with Crippen LogP contribution in [-0.2, 0) is 0 Å². The van der Waals surface area contributed by atoms with E-state index in [4.69, 9.17) is 5.73 Å². The van der Waals surface area contributed by atoms with Crippen molar-refractivity contribution in [2.24, 2.45) is 5.73 Å². The van der Waals surface area contributed by atoms with Gasteiger partial charge in [0.1, 0.15) is 5.69 Å². The van der Waals surface area contributed by atoms with Crippen molar-refractivity contribution in [2.75, 3.05) is 18.1 Å². The van der Waals surface area contributed by atoms with E-state index in [-0.39, 0.29) is 23.9 Å². The lowest BCUT2D eigenvalue weighted by atomic mass is 10.0. The van der Waals surface area contributed by atoms with Crippen LogP contribution in [0, 0.1) is 10.1 Å². The molecule has 2 rings (SSSR count). The minimum absolute atomic E-state index is 0.0469. The molecule has 0 radical (unpaired) electrons. The average molecular weight is 279 g/mol.